The summed E-state index contributed by atoms with van der Waals surface area (Å²) in [4.78, 5) is 20.7. The second-order valence-corrected chi connectivity index (χ2v) is 7.62. The van der Waals surface area contributed by atoms with E-state index in [1.165, 1.54) is 0 Å². The molecule has 2 heterocycles. The fourth-order valence-electron chi connectivity index (χ4n) is 3.36. The molecule has 1 unspecified atom stereocenters. The Morgan fingerprint density at radius 1 is 1.30 bits per heavy atom. The minimum atomic E-state index is 0.102. The molecular weight excluding hydrogens is 346 g/mol. The van der Waals surface area contributed by atoms with Gasteiger partial charge in [-0.3, -0.25) is 14.7 Å². The van der Waals surface area contributed by atoms with E-state index in [1.54, 1.807) is 0 Å². The zero-order chi connectivity index (χ0) is 19.5. The van der Waals surface area contributed by atoms with Gasteiger partial charge in [-0.05, 0) is 26.7 Å². The molecule has 2 aliphatic heterocycles. The number of carbonyl (C=O) groups excluding carboxylic acids is 1. The summed E-state index contributed by atoms with van der Waals surface area (Å²) in [6.45, 7) is 12.1. The van der Waals surface area contributed by atoms with Gasteiger partial charge in [-0.15, -0.1) is 0 Å². The number of hydrogen-bond donors (Lipinski definition) is 2. The zero-order valence-corrected chi connectivity index (χ0v) is 17.2. The predicted molar refractivity (Wildman–Crippen MR) is 107 cm³/mol. The van der Waals surface area contributed by atoms with Crippen molar-refractivity contribution in [2.45, 2.75) is 32.7 Å². The molecule has 0 spiro atoms. The molecular formula is C19H37N5O3. The smallest absolute Gasteiger partial charge is 0.234 e. The van der Waals surface area contributed by atoms with E-state index in [0.717, 1.165) is 78.0 Å². The first-order valence-electron chi connectivity index (χ1n) is 10.2. The summed E-state index contributed by atoms with van der Waals surface area (Å²) in [6, 6.07) is 0.192. The maximum absolute atomic E-state index is 11.9. The number of amides is 1. The van der Waals surface area contributed by atoms with Crippen molar-refractivity contribution in [1.29, 1.82) is 0 Å². The standard InChI is InChI=1S/C19H37N5O3/c1-16(2)22-18(25)13-23-7-9-24(10-8-23)19(20-3)21-6-4-11-26-14-17-5-12-27-15-17/h16-17H,4-15H2,1-3H3,(H,20,21)(H,22,25). The number of nitrogens with one attached hydrogen (secondary N) is 2. The lowest BCUT2D eigenvalue weighted by molar-refractivity contribution is -0.123. The molecule has 8 heteroatoms. The normalized spacial score (nSPS) is 21.7. The maximum atomic E-state index is 11.9. The van der Waals surface area contributed by atoms with Crippen molar-refractivity contribution in [3.8, 4) is 0 Å². The number of rotatable bonds is 9. The van der Waals surface area contributed by atoms with Crippen LogP contribution in [0, 0.1) is 5.92 Å². The van der Waals surface area contributed by atoms with Crippen molar-refractivity contribution < 1.29 is 14.3 Å². The summed E-state index contributed by atoms with van der Waals surface area (Å²) >= 11 is 0. The van der Waals surface area contributed by atoms with Crippen molar-refractivity contribution in [3.63, 3.8) is 0 Å². The molecule has 0 radical (unpaired) electrons. The average molecular weight is 384 g/mol. The molecule has 0 aromatic rings. The van der Waals surface area contributed by atoms with Crippen molar-refractivity contribution in [3.05, 3.63) is 0 Å². The van der Waals surface area contributed by atoms with Crippen LogP contribution in [0.15, 0.2) is 4.99 Å². The molecule has 0 bridgehead atoms. The highest BCUT2D eigenvalue weighted by molar-refractivity contribution is 5.80. The summed E-state index contributed by atoms with van der Waals surface area (Å²) in [6.07, 6.45) is 2.08. The summed E-state index contributed by atoms with van der Waals surface area (Å²) < 4.78 is 11.1. The Hall–Kier alpha value is -1.38. The van der Waals surface area contributed by atoms with Crippen LogP contribution in [0.1, 0.15) is 26.7 Å². The highest BCUT2D eigenvalue weighted by atomic mass is 16.5. The first-order chi connectivity index (χ1) is 13.1. The third kappa shape index (κ3) is 8.45. The number of ether oxygens (including phenoxy) is 2. The molecule has 27 heavy (non-hydrogen) atoms. The van der Waals surface area contributed by atoms with Gasteiger partial charge in [0.05, 0.1) is 19.8 Å². The first kappa shape index (κ1) is 21.9. The van der Waals surface area contributed by atoms with Crippen LogP contribution >= 0.6 is 0 Å². The molecule has 1 amide bonds. The molecule has 2 aliphatic rings. The van der Waals surface area contributed by atoms with Gasteiger partial charge in [0.15, 0.2) is 5.96 Å². The van der Waals surface area contributed by atoms with E-state index >= 15 is 0 Å². The lowest BCUT2D eigenvalue weighted by Crippen LogP contribution is -2.54. The summed E-state index contributed by atoms with van der Waals surface area (Å²) in [7, 11) is 1.82. The monoisotopic (exact) mass is 383 g/mol. The van der Waals surface area contributed by atoms with Crippen molar-refractivity contribution in [1.82, 2.24) is 20.4 Å². The Kier molecular flexibility index (Phi) is 9.86. The van der Waals surface area contributed by atoms with Crippen LogP contribution in [-0.4, -0.2) is 100 Å². The van der Waals surface area contributed by atoms with Gasteiger partial charge in [-0.25, -0.2) is 0 Å². The number of aliphatic imine (C=N–C) groups is 1. The highest BCUT2D eigenvalue weighted by Gasteiger charge is 2.21. The number of hydrogen-bond acceptors (Lipinski definition) is 5. The van der Waals surface area contributed by atoms with E-state index in [-0.39, 0.29) is 11.9 Å². The van der Waals surface area contributed by atoms with Crippen molar-refractivity contribution >= 4 is 11.9 Å². The molecule has 0 saturated carbocycles. The van der Waals surface area contributed by atoms with E-state index in [9.17, 15) is 4.79 Å². The largest absolute Gasteiger partial charge is 0.381 e. The van der Waals surface area contributed by atoms with Crippen LogP contribution in [-0.2, 0) is 14.3 Å². The fraction of sp³-hybridized carbons (Fsp3) is 0.895. The molecule has 0 aromatic heterocycles. The molecule has 8 nitrogen and oxygen atoms in total. The van der Waals surface area contributed by atoms with E-state index in [0.29, 0.717) is 12.5 Å². The first-order valence-corrected chi connectivity index (χ1v) is 10.2. The molecule has 2 rings (SSSR count). The lowest BCUT2D eigenvalue weighted by atomic mass is 10.1. The summed E-state index contributed by atoms with van der Waals surface area (Å²) in [5.41, 5.74) is 0. The van der Waals surface area contributed by atoms with E-state index < -0.39 is 0 Å². The lowest BCUT2D eigenvalue weighted by Gasteiger charge is -2.36. The minimum Gasteiger partial charge on any atom is -0.381 e. The maximum Gasteiger partial charge on any atom is 0.234 e. The van der Waals surface area contributed by atoms with Crippen LogP contribution in [0.25, 0.3) is 0 Å². The third-order valence-electron chi connectivity index (χ3n) is 4.83. The van der Waals surface area contributed by atoms with E-state index in [2.05, 4.69) is 25.4 Å². The second kappa shape index (κ2) is 12.2. The average Bonchev–Trinajstić information content (AvgIpc) is 3.15. The molecule has 0 aliphatic carbocycles. The van der Waals surface area contributed by atoms with Gasteiger partial charge >= 0.3 is 0 Å². The van der Waals surface area contributed by atoms with Crippen LogP contribution in [0.2, 0.25) is 0 Å². The number of guanidine groups is 1. The van der Waals surface area contributed by atoms with Crippen LogP contribution in [0.3, 0.4) is 0 Å². The number of piperazine rings is 1. The Balaban J connectivity index is 1.56. The van der Waals surface area contributed by atoms with Gasteiger partial charge in [-0.1, -0.05) is 0 Å². The fourth-order valence-corrected chi connectivity index (χ4v) is 3.36. The third-order valence-corrected chi connectivity index (χ3v) is 4.83. The van der Waals surface area contributed by atoms with Crippen LogP contribution < -0.4 is 10.6 Å². The summed E-state index contributed by atoms with van der Waals surface area (Å²) in [5, 5.41) is 6.37. The predicted octanol–water partition coefficient (Wildman–Crippen LogP) is 0.147. The van der Waals surface area contributed by atoms with Crippen molar-refractivity contribution in [2.75, 3.05) is 72.7 Å². The zero-order valence-electron chi connectivity index (χ0n) is 17.2. The van der Waals surface area contributed by atoms with Gasteiger partial charge in [0, 0.05) is 64.9 Å². The van der Waals surface area contributed by atoms with Gasteiger partial charge < -0.3 is 25.0 Å². The molecule has 2 fully saturated rings. The van der Waals surface area contributed by atoms with Gasteiger partial charge in [-0.2, -0.15) is 0 Å². The van der Waals surface area contributed by atoms with Crippen LogP contribution in [0.4, 0.5) is 0 Å². The van der Waals surface area contributed by atoms with Crippen molar-refractivity contribution in [2.24, 2.45) is 10.9 Å². The molecule has 2 saturated heterocycles. The molecule has 1 atom stereocenters. The Morgan fingerprint density at radius 3 is 2.70 bits per heavy atom. The highest BCUT2D eigenvalue weighted by Crippen LogP contribution is 2.12. The van der Waals surface area contributed by atoms with Gasteiger partial charge in [0.1, 0.15) is 0 Å². The molecule has 156 valence electrons. The SMILES string of the molecule is CN=C(NCCCOCC1CCOC1)N1CCN(CC(=O)NC(C)C)CC1. The molecule has 0 aromatic carbocycles. The van der Waals surface area contributed by atoms with Crippen LogP contribution in [0.5, 0.6) is 0 Å². The minimum absolute atomic E-state index is 0.102. The Bertz CT molecular complexity index is 458. The van der Waals surface area contributed by atoms with E-state index in [1.807, 2.05) is 20.9 Å². The quantitative estimate of drug-likeness (QED) is 0.335. The van der Waals surface area contributed by atoms with Gasteiger partial charge in [0.25, 0.3) is 0 Å². The van der Waals surface area contributed by atoms with E-state index in [4.69, 9.17) is 9.47 Å². The summed E-state index contributed by atoms with van der Waals surface area (Å²) in [5.74, 6) is 1.61. The van der Waals surface area contributed by atoms with Gasteiger partial charge in [0.2, 0.25) is 5.91 Å². The second-order valence-electron chi connectivity index (χ2n) is 7.62. The Labute approximate surface area is 163 Å². The number of carbonyl (C=O) groups is 1. The Morgan fingerprint density at radius 2 is 2.07 bits per heavy atom. The topological polar surface area (TPSA) is 78.4 Å². The molecule has 2 N–H and O–H groups in total. The number of nitrogens with zero attached hydrogens (tertiary/aromatic N) is 3.